The van der Waals surface area contributed by atoms with Crippen LogP contribution in [0.5, 0.6) is 0 Å². The first-order valence-corrected chi connectivity index (χ1v) is 6.28. The molecule has 0 radical (unpaired) electrons. The number of para-hydroxylation sites is 1. The van der Waals surface area contributed by atoms with Crippen molar-refractivity contribution in [2.24, 2.45) is 10.7 Å². The maximum atomic E-state index is 5.77. The van der Waals surface area contributed by atoms with Gasteiger partial charge in [0, 0.05) is 24.0 Å². The van der Waals surface area contributed by atoms with E-state index in [0.29, 0.717) is 12.5 Å². The number of anilines is 1. The van der Waals surface area contributed by atoms with Crippen molar-refractivity contribution in [2.45, 2.75) is 6.42 Å². The van der Waals surface area contributed by atoms with E-state index >= 15 is 0 Å². The first kappa shape index (κ1) is 11.6. The van der Waals surface area contributed by atoms with E-state index in [9.17, 15) is 0 Å². The normalized spacial score (nSPS) is 11.4. The number of aromatic nitrogens is 1. The second-order valence-corrected chi connectivity index (χ2v) is 4.21. The van der Waals surface area contributed by atoms with Crippen LogP contribution in [0.2, 0.25) is 0 Å². The molecule has 0 aliphatic rings. The molecule has 0 amide bonds. The molecule has 17 heavy (non-hydrogen) atoms. The van der Waals surface area contributed by atoms with Crippen LogP contribution in [0.4, 0.5) is 5.69 Å². The van der Waals surface area contributed by atoms with Crippen LogP contribution in [-0.2, 0) is 6.42 Å². The quantitative estimate of drug-likeness (QED) is 0.641. The molecule has 88 valence electrons. The van der Waals surface area contributed by atoms with Gasteiger partial charge in [-0.1, -0.05) is 18.2 Å². The highest BCUT2D eigenvalue weighted by Gasteiger charge is 1.95. The summed E-state index contributed by atoms with van der Waals surface area (Å²) in [5.41, 5.74) is 9.60. The smallest absolute Gasteiger partial charge is 0.193 e. The van der Waals surface area contributed by atoms with Crippen molar-refractivity contribution < 1.29 is 0 Å². The van der Waals surface area contributed by atoms with Gasteiger partial charge in [-0.15, -0.1) is 11.3 Å². The van der Waals surface area contributed by atoms with Crippen molar-refractivity contribution in [3.8, 4) is 0 Å². The number of guanidine groups is 1. The van der Waals surface area contributed by atoms with Crippen molar-refractivity contribution >= 4 is 23.0 Å². The molecule has 1 heterocycles. The number of nitrogens with two attached hydrogens (primary N) is 1. The van der Waals surface area contributed by atoms with Gasteiger partial charge in [-0.2, -0.15) is 0 Å². The summed E-state index contributed by atoms with van der Waals surface area (Å²) in [6.07, 6.45) is 0.820. The Balaban J connectivity index is 1.81. The molecule has 0 aliphatic heterocycles. The zero-order valence-corrected chi connectivity index (χ0v) is 10.2. The fourth-order valence-corrected chi connectivity index (χ4v) is 1.95. The highest BCUT2D eigenvalue weighted by molar-refractivity contribution is 7.07. The van der Waals surface area contributed by atoms with E-state index in [2.05, 4.69) is 15.3 Å². The van der Waals surface area contributed by atoms with Gasteiger partial charge in [0.1, 0.15) is 0 Å². The molecule has 0 saturated heterocycles. The number of rotatable bonds is 4. The highest BCUT2D eigenvalue weighted by atomic mass is 32.1. The Labute approximate surface area is 104 Å². The Hall–Kier alpha value is -1.88. The fraction of sp³-hybridized carbons (Fsp3) is 0.167. The molecule has 1 aromatic heterocycles. The van der Waals surface area contributed by atoms with Crippen molar-refractivity contribution in [2.75, 3.05) is 11.9 Å². The van der Waals surface area contributed by atoms with E-state index in [1.165, 1.54) is 0 Å². The summed E-state index contributed by atoms with van der Waals surface area (Å²) < 4.78 is 0. The minimum Gasteiger partial charge on any atom is -0.370 e. The van der Waals surface area contributed by atoms with E-state index in [-0.39, 0.29) is 0 Å². The first-order valence-electron chi connectivity index (χ1n) is 5.33. The number of aliphatic imine (C=N–C) groups is 1. The monoisotopic (exact) mass is 246 g/mol. The fourth-order valence-electron chi connectivity index (χ4n) is 1.36. The van der Waals surface area contributed by atoms with Gasteiger partial charge in [0.15, 0.2) is 5.96 Å². The van der Waals surface area contributed by atoms with Crippen LogP contribution in [0.25, 0.3) is 0 Å². The summed E-state index contributed by atoms with van der Waals surface area (Å²) in [6.45, 7) is 0.648. The first-order chi connectivity index (χ1) is 8.34. The SMILES string of the molecule is NC(=NCCc1cscn1)Nc1ccccc1. The number of benzene rings is 1. The molecule has 1 aromatic carbocycles. The maximum absolute atomic E-state index is 5.77. The van der Waals surface area contributed by atoms with E-state index < -0.39 is 0 Å². The van der Waals surface area contributed by atoms with Gasteiger partial charge in [0.25, 0.3) is 0 Å². The third-order valence-corrected chi connectivity index (χ3v) is 2.82. The Morgan fingerprint density at radius 2 is 2.18 bits per heavy atom. The van der Waals surface area contributed by atoms with E-state index in [0.717, 1.165) is 17.8 Å². The lowest BCUT2D eigenvalue weighted by Crippen LogP contribution is -2.23. The molecular weight excluding hydrogens is 232 g/mol. The summed E-state index contributed by atoms with van der Waals surface area (Å²) in [5.74, 6) is 0.437. The van der Waals surface area contributed by atoms with Gasteiger partial charge in [0.2, 0.25) is 0 Å². The van der Waals surface area contributed by atoms with Crippen molar-refractivity contribution in [1.29, 1.82) is 0 Å². The Bertz CT molecular complexity index is 465. The average molecular weight is 246 g/mol. The summed E-state index contributed by atoms with van der Waals surface area (Å²) in [4.78, 5) is 8.43. The average Bonchev–Trinajstić information content (AvgIpc) is 2.83. The topological polar surface area (TPSA) is 63.3 Å². The predicted octanol–water partition coefficient (Wildman–Crippen LogP) is 2.11. The van der Waals surface area contributed by atoms with Crippen LogP contribution in [-0.4, -0.2) is 17.5 Å². The predicted molar refractivity (Wildman–Crippen MR) is 72.4 cm³/mol. The van der Waals surface area contributed by atoms with Crippen LogP contribution in [0.3, 0.4) is 0 Å². The van der Waals surface area contributed by atoms with Crippen LogP contribution in [0, 0.1) is 0 Å². The molecule has 2 aromatic rings. The number of thiazole rings is 1. The standard InChI is InChI=1S/C12H14N4S/c13-12(16-10-4-2-1-3-5-10)14-7-6-11-8-17-9-15-11/h1-5,8-9H,6-7H2,(H3,13,14,16). The largest absolute Gasteiger partial charge is 0.370 e. The lowest BCUT2D eigenvalue weighted by Gasteiger charge is -2.04. The third kappa shape index (κ3) is 3.88. The zero-order valence-electron chi connectivity index (χ0n) is 9.34. The van der Waals surface area contributed by atoms with E-state index in [4.69, 9.17) is 5.73 Å². The lowest BCUT2D eigenvalue weighted by molar-refractivity contribution is 0.933. The third-order valence-electron chi connectivity index (χ3n) is 2.18. The molecule has 0 atom stereocenters. The summed E-state index contributed by atoms with van der Waals surface area (Å²) in [6, 6.07) is 9.75. The van der Waals surface area contributed by atoms with Gasteiger partial charge in [-0.05, 0) is 12.1 Å². The second kappa shape index (κ2) is 6.00. The molecule has 0 unspecified atom stereocenters. The molecule has 3 N–H and O–H groups in total. The maximum Gasteiger partial charge on any atom is 0.193 e. The van der Waals surface area contributed by atoms with Gasteiger partial charge in [-0.25, -0.2) is 4.98 Å². The number of hydrogen-bond acceptors (Lipinski definition) is 3. The number of nitrogens with one attached hydrogen (secondary N) is 1. The van der Waals surface area contributed by atoms with Gasteiger partial charge < -0.3 is 11.1 Å². The van der Waals surface area contributed by atoms with Crippen LogP contribution in [0.1, 0.15) is 5.69 Å². The van der Waals surface area contributed by atoms with Crippen molar-refractivity contribution in [1.82, 2.24) is 4.98 Å². The van der Waals surface area contributed by atoms with Crippen LogP contribution < -0.4 is 11.1 Å². The molecule has 5 heteroatoms. The molecular formula is C12H14N4S. The summed E-state index contributed by atoms with van der Waals surface area (Å²) in [5, 5.41) is 5.06. The Kier molecular flexibility index (Phi) is 4.10. The van der Waals surface area contributed by atoms with Crippen LogP contribution in [0.15, 0.2) is 46.2 Å². The molecule has 4 nitrogen and oxygen atoms in total. The Morgan fingerprint density at radius 1 is 1.35 bits per heavy atom. The molecule has 0 fully saturated rings. The van der Waals surface area contributed by atoms with Gasteiger partial charge >= 0.3 is 0 Å². The molecule has 0 saturated carbocycles. The summed E-state index contributed by atoms with van der Waals surface area (Å²) in [7, 11) is 0. The van der Waals surface area contributed by atoms with Gasteiger partial charge in [-0.3, -0.25) is 4.99 Å². The highest BCUT2D eigenvalue weighted by Crippen LogP contribution is 2.04. The molecule has 0 bridgehead atoms. The molecule has 0 aliphatic carbocycles. The Morgan fingerprint density at radius 3 is 2.88 bits per heavy atom. The van der Waals surface area contributed by atoms with Crippen LogP contribution >= 0.6 is 11.3 Å². The molecule has 2 rings (SSSR count). The van der Waals surface area contributed by atoms with Gasteiger partial charge in [0.05, 0.1) is 11.2 Å². The number of hydrogen-bond donors (Lipinski definition) is 2. The minimum atomic E-state index is 0.437. The zero-order chi connectivity index (χ0) is 11.9. The van der Waals surface area contributed by atoms with Crippen molar-refractivity contribution in [3.63, 3.8) is 0 Å². The molecule has 0 spiro atoms. The number of nitrogens with zero attached hydrogens (tertiary/aromatic N) is 2. The van der Waals surface area contributed by atoms with E-state index in [1.54, 1.807) is 11.3 Å². The lowest BCUT2D eigenvalue weighted by atomic mass is 10.3. The minimum absolute atomic E-state index is 0.437. The van der Waals surface area contributed by atoms with Crippen molar-refractivity contribution in [3.05, 3.63) is 46.9 Å². The van der Waals surface area contributed by atoms with E-state index in [1.807, 2.05) is 41.2 Å². The summed E-state index contributed by atoms with van der Waals surface area (Å²) >= 11 is 1.59. The second-order valence-electron chi connectivity index (χ2n) is 3.49.